The fraction of sp³-hybridized carbons (Fsp3) is 0.250. The number of hydrogen-bond donors (Lipinski definition) is 2. The third-order valence-electron chi connectivity index (χ3n) is 3.47. The second-order valence-corrected chi connectivity index (χ2v) is 7.58. The number of aromatic nitrogens is 2. The largest absolute Gasteiger partial charge is 0.477 e. The van der Waals surface area contributed by atoms with Crippen LogP contribution in [-0.2, 0) is 6.42 Å². The molecule has 3 aromatic rings. The Morgan fingerprint density at radius 1 is 1.19 bits per heavy atom. The number of hydrogen-bond acceptors (Lipinski definition) is 5. The van der Waals surface area contributed by atoms with E-state index in [0.717, 1.165) is 29.0 Å². The van der Waals surface area contributed by atoms with Gasteiger partial charge in [-0.25, -0.2) is 9.78 Å². The molecule has 0 aliphatic heterocycles. The highest BCUT2D eigenvalue weighted by Gasteiger charge is 2.07. The van der Waals surface area contributed by atoms with Gasteiger partial charge in [0.05, 0.1) is 5.69 Å². The molecule has 0 saturated heterocycles. The normalized spacial score (nSPS) is 10.1. The van der Waals surface area contributed by atoms with Crippen molar-refractivity contribution in [3.8, 4) is 11.3 Å². The lowest BCUT2D eigenvalue weighted by molar-refractivity contribution is 0.0702. The van der Waals surface area contributed by atoms with E-state index in [2.05, 4.69) is 9.97 Å². The first-order valence-corrected chi connectivity index (χ1v) is 10.5. The first-order chi connectivity index (χ1) is 13.1. The van der Waals surface area contributed by atoms with Crippen LogP contribution in [0.5, 0.6) is 0 Å². The molecule has 2 aromatic heterocycles. The third kappa shape index (κ3) is 6.37. The third-order valence-corrected chi connectivity index (χ3v) is 5.56. The van der Waals surface area contributed by atoms with E-state index in [0.29, 0.717) is 15.7 Å². The van der Waals surface area contributed by atoms with Crippen molar-refractivity contribution >= 4 is 29.1 Å². The van der Waals surface area contributed by atoms with E-state index in [-0.39, 0.29) is 5.56 Å². The molecule has 0 unspecified atom stereocenters. The molecule has 1 aromatic carbocycles. The topological polar surface area (TPSA) is 83.0 Å². The lowest BCUT2D eigenvalue weighted by Crippen LogP contribution is -2.08. The smallest absolute Gasteiger partial charge is 0.345 e. The van der Waals surface area contributed by atoms with Gasteiger partial charge >= 0.3 is 5.97 Å². The molecule has 0 aliphatic rings. The minimum absolute atomic E-state index is 0.166. The minimum atomic E-state index is -0.884. The Balaban J connectivity index is 0.00000126. The van der Waals surface area contributed by atoms with Gasteiger partial charge in [-0.15, -0.1) is 11.3 Å². The molecule has 27 heavy (non-hydrogen) atoms. The zero-order chi connectivity index (χ0) is 19.6. The molecular formula is C20H22N2O3S2. The van der Waals surface area contributed by atoms with Crippen LogP contribution >= 0.6 is 23.1 Å². The number of aromatic amines is 1. The summed E-state index contributed by atoms with van der Waals surface area (Å²) in [4.78, 5) is 31.4. The monoisotopic (exact) mass is 402 g/mol. The summed E-state index contributed by atoms with van der Waals surface area (Å²) in [7, 11) is 0. The van der Waals surface area contributed by atoms with Gasteiger partial charge in [-0.2, -0.15) is 0 Å². The predicted molar refractivity (Wildman–Crippen MR) is 112 cm³/mol. The molecule has 0 spiro atoms. The van der Waals surface area contributed by atoms with E-state index >= 15 is 0 Å². The lowest BCUT2D eigenvalue weighted by atomic mass is 10.1. The molecule has 5 nitrogen and oxygen atoms in total. The van der Waals surface area contributed by atoms with Gasteiger partial charge < -0.3 is 10.1 Å². The van der Waals surface area contributed by atoms with Crippen molar-refractivity contribution in [1.29, 1.82) is 0 Å². The van der Waals surface area contributed by atoms with Gasteiger partial charge in [-0.05, 0) is 25.0 Å². The zero-order valence-electron chi connectivity index (χ0n) is 15.3. The molecule has 0 bridgehead atoms. The van der Waals surface area contributed by atoms with E-state index in [4.69, 9.17) is 5.11 Å². The SMILES string of the molecule is CC.O=C(O)c1ccc(CCCSc2nc(-c3ccccc3)cc(=O)[nH]2)s1. The van der Waals surface area contributed by atoms with Crippen molar-refractivity contribution < 1.29 is 9.90 Å². The van der Waals surface area contributed by atoms with Crippen molar-refractivity contribution in [1.82, 2.24) is 9.97 Å². The standard InChI is InChI=1S/C18H16N2O3S2.C2H6/c21-16-11-14(12-5-2-1-3-6-12)19-18(20-16)24-10-4-7-13-8-9-15(25-13)17(22)23;1-2/h1-3,5-6,8-9,11H,4,7,10H2,(H,22,23)(H,19,20,21);1-2H3. The lowest BCUT2D eigenvalue weighted by Gasteiger charge is -2.04. The molecule has 0 aliphatic carbocycles. The number of carbonyl (C=O) groups is 1. The van der Waals surface area contributed by atoms with Crippen molar-refractivity contribution in [2.45, 2.75) is 31.8 Å². The summed E-state index contributed by atoms with van der Waals surface area (Å²) in [5.41, 5.74) is 1.41. The van der Waals surface area contributed by atoms with E-state index in [1.807, 2.05) is 50.2 Å². The molecule has 2 N–H and O–H groups in total. The fourth-order valence-corrected chi connectivity index (χ4v) is 4.01. The van der Waals surface area contributed by atoms with E-state index in [1.165, 1.54) is 29.2 Å². The predicted octanol–water partition coefficient (Wildman–Crippen LogP) is 4.95. The summed E-state index contributed by atoms with van der Waals surface area (Å²) >= 11 is 2.80. The Kier molecular flexibility index (Phi) is 8.29. The van der Waals surface area contributed by atoms with Crippen LogP contribution in [-0.4, -0.2) is 26.8 Å². The number of aryl methyl sites for hydroxylation is 1. The quantitative estimate of drug-likeness (QED) is 0.332. The first-order valence-electron chi connectivity index (χ1n) is 8.73. The number of nitrogens with zero attached hydrogens (tertiary/aromatic N) is 1. The molecule has 0 fully saturated rings. The van der Waals surface area contributed by atoms with Crippen LogP contribution in [0.3, 0.4) is 0 Å². The van der Waals surface area contributed by atoms with Gasteiger partial charge in [0.2, 0.25) is 0 Å². The Morgan fingerprint density at radius 3 is 2.59 bits per heavy atom. The van der Waals surface area contributed by atoms with Gasteiger partial charge in [0.15, 0.2) is 5.16 Å². The van der Waals surface area contributed by atoms with Crippen molar-refractivity contribution in [3.05, 3.63) is 68.6 Å². The molecule has 3 rings (SSSR count). The molecule has 0 saturated carbocycles. The van der Waals surface area contributed by atoms with E-state index < -0.39 is 5.97 Å². The van der Waals surface area contributed by atoms with Crippen molar-refractivity contribution in [2.24, 2.45) is 0 Å². The van der Waals surface area contributed by atoms with Crippen LogP contribution < -0.4 is 5.56 Å². The Labute approximate surface area is 166 Å². The molecule has 0 amide bonds. The maximum absolute atomic E-state index is 11.8. The van der Waals surface area contributed by atoms with Crippen LogP contribution in [0, 0.1) is 0 Å². The summed E-state index contributed by atoms with van der Waals surface area (Å²) in [5.74, 6) is -0.0910. The van der Waals surface area contributed by atoms with Crippen LogP contribution in [0.2, 0.25) is 0 Å². The number of H-pyrrole nitrogens is 1. The molecule has 142 valence electrons. The Morgan fingerprint density at radius 2 is 1.93 bits per heavy atom. The average Bonchev–Trinajstić information content (AvgIpc) is 3.16. The summed E-state index contributed by atoms with van der Waals surface area (Å²) in [6, 6.07) is 14.6. The summed E-state index contributed by atoms with van der Waals surface area (Å²) < 4.78 is 0. The van der Waals surface area contributed by atoms with Crippen molar-refractivity contribution in [3.63, 3.8) is 0 Å². The number of carboxylic acid groups (broad SMARTS) is 1. The molecule has 0 atom stereocenters. The highest BCUT2D eigenvalue weighted by Crippen LogP contribution is 2.21. The maximum atomic E-state index is 11.8. The summed E-state index contributed by atoms with van der Waals surface area (Å²) in [6.45, 7) is 4.00. The second kappa shape index (κ2) is 10.7. The van der Waals surface area contributed by atoms with Gasteiger partial charge in [-0.1, -0.05) is 55.9 Å². The number of thioether (sulfide) groups is 1. The number of benzene rings is 1. The second-order valence-electron chi connectivity index (χ2n) is 5.32. The fourth-order valence-electron chi connectivity index (χ4n) is 2.30. The average molecular weight is 403 g/mol. The van der Waals surface area contributed by atoms with Crippen LogP contribution in [0.15, 0.2) is 58.5 Å². The number of aromatic carboxylic acids is 1. The highest BCUT2D eigenvalue weighted by molar-refractivity contribution is 7.99. The van der Waals surface area contributed by atoms with E-state index in [9.17, 15) is 9.59 Å². The number of carboxylic acids is 1. The van der Waals surface area contributed by atoms with Gasteiger partial charge in [-0.3, -0.25) is 4.79 Å². The number of rotatable bonds is 7. The summed E-state index contributed by atoms with van der Waals surface area (Å²) in [6.07, 6.45) is 1.69. The number of thiophene rings is 1. The Hall–Kier alpha value is -2.38. The molecule has 0 radical (unpaired) electrons. The van der Waals surface area contributed by atoms with Gasteiger partial charge in [0.1, 0.15) is 4.88 Å². The minimum Gasteiger partial charge on any atom is -0.477 e. The van der Waals surface area contributed by atoms with Crippen molar-refractivity contribution in [2.75, 3.05) is 5.75 Å². The highest BCUT2D eigenvalue weighted by atomic mass is 32.2. The molecule has 2 heterocycles. The van der Waals surface area contributed by atoms with Gasteiger partial charge in [0, 0.05) is 22.3 Å². The van der Waals surface area contributed by atoms with E-state index in [1.54, 1.807) is 6.07 Å². The van der Waals surface area contributed by atoms with Crippen LogP contribution in [0.4, 0.5) is 0 Å². The first kappa shape index (κ1) is 20.9. The molecular weight excluding hydrogens is 380 g/mol. The van der Waals surface area contributed by atoms with Crippen LogP contribution in [0.25, 0.3) is 11.3 Å². The Bertz CT molecular complexity index is 920. The summed E-state index contributed by atoms with van der Waals surface area (Å²) in [5, 5.41) is 9.53. The van der Waals surface area contributed by atoms with Crippen LogP contribution in [0.1, 0.15) is 34.8 Å². The molecule has 7 heteroatoms. The zero-order valence-corrected chi connectivity index (χ0v) is 16.9. The van der Waals surface area contributed by atoms with Gasteiger partial charge in [0.25, 0.3) is 5.56 Å². The number of nitrogens with one attached hydrogen (secondary N) is 1. The maximum Gasteiger partial charge on any atom is 0.345 e.